The average molecular weight is 257 g/mol. The number of halogens is 2. The number of hydrogen-bond acceptors (Lipinski definition) is 1. The first kappa shape index (κ1) is 12.8. The second-order valence-electron chi connectivity index (χ2n) is 5.30. The van der Waals surface area contributed by atoms with Gasteiger partial charge in [0.2, 0.25) is 0 Å². The van der Waals surface area contributed by atoms with E-state index in [-0.39, 0.29) is 11.5 Å². The van der Waals surface area contributed by atoms with Crippen LogP contribution in [0.5, 0.6) is 0 Å². The molecule has 1 fully saturated rings. The molecule has 1 nitrogen and oxygen atoms in total. The molecule has 17 heavy (non-hydrogen) atoms. The fraction of sp³-hybridized carbons (Fsp3) is 0.571. The second kappa shape index (κ2) is 4.58. The Hall–Kier alpha value is -0.600. The number of hydrogen-bond donors (Lipinski definition) is 1. The van der Waals surface area contributed by atoms with Gasteiger partial charge in [-0.15, -0.1) is 0 Å². The van der Waals surface area contributed by atoms with Crippen LogP contribution >= 0.6 is 11.6 Å². The summed E-state index contributed by atoms with van der Waals surface area (Å²) in [5, 5.41) is 11.1. The average Bonchev–Trinajstić information content (AvgIpc) is 2.24. The van der Waals surface area contributed by atoms with E-state index in [9.17, 15) is 9.50 Å². The normalized spacial score (nSPS) is 33.7. The Labute approximate surface area is 107 Å². The molecule has 3 unspecified atom stereocenters. The fourth-order valence-electron chi connectivity index (χ4n) is 2.91. The molecule has 1 aromatic carbocycles. The summed E-state index contributed by atoms with van der Waals surface area (Å²) in [6, 6.07) is 4.58. The van der Waals surface area contributed by atoms with Crippen LogP contribution < -0.4 is 0 Å². The molecule has 0 spiro atoms. The van der Waals surface area contributed by atoms with E-state index in [1.54, 1.807) is 12.1 Å². The molecular formula is C14H18ClFO. The minimum absolute atomic E-state index is 0.0284. The zero-order chi connectivity index (χ0) is 12.6. The molecule has 0 heterocycles. The Balaban J connectivity index is 2.44. The van der Waals surface area contributed by atoms with Gasteiger partial charge < -0.3 is 5.11 Å². The standard InChI is InChI=1S/C14H18ClFO/c1-9-6-7-14(17,10(2)8-9)13-11(15)4-3-5-12(13)16/h3-5,9-10,17H,6-8H2,1-2H3. The highest BCUT2D eigenvalue weighted by Crippen LogP contribution is 2.46. The summed E-state index contributed by atoms with van der Waals surface area (Å²) >= 11 is 6.05. The van der Waals surface area contributed by atoms with Gasteiger partial charge in [-0.25, -0.2) is 4.39 Å². The Morgan fingerprint density at radius 1 is 1.41 bits per heavy atom. The lowest BCUT2D eigenvalue weighted by Crippen LogP contribution is -2.39. The van der Waals surface area contributed by atoms with E-state index in [4.69, 9.17) is 11.6 Å². The van der Waals surface area contributed by atoms with Crippen molar-refractivity contribution in [3.8, 4) is 0 Å². The minimum Gasteiger partial charge on any atom is -0.385 e. The van der Waals surface area contributed by atoms with Crippen LogP contribution in [0.3, 0.4) is 0 Å². The van der Waals surface area contributed by atoms with Gasteiger partial charge in [0.05, 0.1) is 5.60 Å². The monoisotopic (exact) mass is 256 g/mol. The highest BCUT2D eigenvalue weighted by atomic mass is 35.5. The summed E-state index contributed by atoms with van der Waals surface area (Å²) in [6.45, 7) is 4.14. The summed E-state index contributed by atoms with van der Waals surface area (Å²) in [5.41, 5.74) is -0.837. The number of aliphatic hydroxyl groups is 1. The largest absolute Gasteiger partial charge is 0.385 e. The van der Waals surface area contributed by atoms with Crippen LogP contribution in [-0.4, -0.2) is 5.11 Å². The molecule has 0 saturated heterocycles. The van der Waals surface area contributed by atoms with Crippen LogP contribution in [0.25, 0.3) is 0 Å². The Morgan fingerprint density at radius 2 is 2.12 bits per heavy atom. The maximum Gasteiger partial charge on any atom is 0.130 e. The first-order valence-electron chi connectivity index (χ1n) is 6.12. The maximum absolute atomic E-state index is 13.9. The summed E-state index contributed by atoms with van der Waals surface area (Å²) in [7, 11) is 0. The molecule has 0 radical (unpaired) electrons. The molecule has 94 valence electrons. The van der Waals surface area contributed by atoms with Gasteiger partial charge in [-0.2, -0.15) is 0 Å². The molecular weight excluding hydrogens is 239 g/mol. The highest BCUT2D eigenvalue weighted by Gasteiger charge is 2.42. The maximum atomic E-state index is 13.9. The van der Waals surface area contributed by atoms with Crippen molar-refractivity contribution >= 4 is 11.6 Å². The van der Waals surface area contributed by atoms with Crippen molar-refractivity contribution in [2.75, 3.05) is 0 Å². The SMILES string of the molecule is CC1CCC(O)(c2c(F)cccc2Cl)C(C)C1. The van der Waals surface area contributed by atoms with Gasteiger partial charge in [-0.1, -0.05) is 31.5 Å². The first-order valence-corrected chi connectivity index (χ1v) is 6.50. The minimum atomic E-state index is -1.12. The molecule has 1 aliphatic rings. The van der Waals surface area contributed by atoms with Crippen molar-refractivity contribution in [2.45, 2.75) is 38.7 Å². The van der Waals surface area contributed by atoms with E-state index in [0.29, 0.717) is 17.4 Å². The smallest absolute Gasteiger partial charge is 0.130 e. The van der Waals surface area contributed by atoms with Gasteiger partial charge in [0, 0.05) is 10.6 Å². The Kier molecular flexibility index (Phi) is 3.46. The van der Waals surface area contributed by atoms with Crippen molar-refractivity contribution < 1.29 is 9.50 Å². The first-order chi connectivity index (χ1) is 7.95. The van der Waals surface area contributed by atoms with E-state index in [1.165, 1.54) is 6.07 Å². The molecule has 2 rings (SSSR count). The molecule has 1 aromatic rings. The molecule has 0 aliphatic heterocycles. The zero-order valence-corrected chi connectivity index (χ0v) is 11.0. The third kappa shape index (κ3) is 2.21. The van der Waals surface area contributed by atoms with Gasteiger partial charge in [-0.3, -0.25) is 0 Å². The molecule has 1 aliphatic carbocycles. The van der Waals surface area contributed by atoms with Crippen LogP contribution in [0, 0.1) is 17.7 Å². The van der Waals surface area contributed by atoms with Gasteiger partial charge in [0.15, 0.2) is 0 Å². The van der Waals surface area contributed by atoms with E-state index >= 15 is 0 Å². The Bertz CT molecular complexity index is 400. The van der Waals surface area contributed by atoms with Crippen LogP contribution in [0.1, 0.15) is 38.7 Å². The second-order valence-corrected chi connectivity index (χ2v) is 5.71. The van der Waals surface area contributed by atoms with E-state index in [2.05, 4.69) is 6.92 Å². The van der Waals surface area contributed by atoms with E-state index in [0.717, 1.165) is 12.8 Å². The quantitative estimate of drug-likeness (QED) is 0.801. The van der Waals surface area contributed by atoms with Crippen LogP contribution in [0.4, 0.5) is 4.39 Å². The van der Waals surface area contributed by atoms with Crippen LogP contribution in [-0.2, 0) is 5.60 Å². The molecule has 1 N–H and O–H groups in total. The van der Waals surface area contributed by atoms with Crippen LogP contribution in [0.15, 0.2) is 18.2 Å². The Morgan fingerprint density at radius 3 is 2.71 bits per heavy atom. The van der Waals surface area contributed by atoms with Gasteiger partial charge in [-0.05, 0) is 43.2 Å². The molecule has 3 atom stereocenters. The van der Waals surface area contributed by atoms with E-state index < -0.39 is 11.4 Å². The van der Waals surface area contributed by atoms with Crippen molar-refractivity contribution in [3.63, 3.8) is 0 Å². The van der Waals surface area contributed by atoms with Gasteiger partial charge in [0.25, 0.3) is 0 Å². The fourth-order valence-corrected chi connectivity index (χ4v) is 3.24. The summed E-state index contributed by atoms with van der Waals surface area (Å²) in [4.78, 5) is 0. The number of benzene rings is 1. The van der Waals surface area contributed by atoms with Crippen molar-refractivity contribution in [3.05, 3.63) is 34.6 Å². The highest BCUT2D eigenvalue weighted by molar-refractivity contribution is 6.31. The van der Waals surface area contributed by atoms with Crippen LogP contribution in [0.2, 0.25) is 5.02 Å². The third-order valence-corrected chi connectivity index (χ3v) is 4.30. The van der Waals surface area contributed by atoms with Crippen molar-refractivity contribution in [2.24, 2.45) is 11.8 Å². The number of rotatable bonds is 1. The van der Waals surface area contributed by atoms with Crippen molar-refractivity contribution in [1.82, 2.24) is 0 Å². The molecule has 0 aromatic heterocycles. The molecule has 3 heteroatoms. The van der Waals surface area contributed by atoms with Crippen molar-refractivity contribution in [1.29, 1.82) is 0 Å². The topological polar surface area (TPSA) is 20.2 Å². The zero-order valence-electron chi connectivity index (χ0n) is 10.2. The summed E-state index contributed by atoms with van der Waals surface area (Å²) in [6.07, 6.45) is 2.39. The van der Waals surface area contributed by atoms with E-state index in [1.807, 2.05) is 6.92 Å². The lowest BCUT2D eigenvalue weighted by molar-refractivity contribution is -0.0611. The summed E-state index contributed by atoms with van der Waals surface area (Å²) in [5.74, 6) is 0.206. The van der Waals surface area contributed by atoms with Gasteiger partial charge >= 0.3 is 0 Å². The molecule has 0 bridgehead atoms. The predicted octanol–water partition coefficient (Wildman–Crippen LogP) is 4.12. The molecule has 0 amide bonds. The lowest BCUT2D eigenvalue weighted by atomic mass is 9.69. The lowest BCUT2D eigenvalue weighted by Gasteiger charge is -2.41. The predicted molar refractivity (Wildman–Crippen MR) is 67.5 cm³/mol. The summed E-state index contributed by atoms with van der Waals surface area (Å²) < 4.78 is 13.9. The molecule has 1 saturated carbocycles. The van der Waals surface area contributed by atoms with Gasteiger partial charge in [0.1, 0.15) is 5.82 Å². The third-order valence-electron chi connectivity index (χ3n) is 3.99.